The molecule has 4 heterocycles. The van der Waals surface area contributed by atoms with Gasteiger partial charge >= 0.3 is 0 Å². The predicted molar refractivity (Wildman–Crippen MR) is 93.4 cm³/mol. The van der Waals surface area contributed by atoms with Crippen LogP contribution in [0.15, 0.2) is 35.1 Å². The van der Waals surface area contributed by atoms with Crippen LogP contribution < -0.4 is 10.0 Å². The van der Waals surface area contributed by atoms with Gasteiger partial charge in [0.1, 0.15) is 5.52 Å². The molecule has 0 unspecified atom stereocenters. The zero-order valence-corrected chi connectivity index (χ0v) is 14.2. The molecule has 2 aliphatic heterocycles. The lowest BCUT2D eigenvalue weighted by molar-refractivity contribution is 0.705. The Morgan fingerprint density at radius 3 is 2.87 bits per heavy atom. The Morgan fingerprint density at radius 2 is 1.96 bits per heavy atom. The van der Waals surface area contributed by atoms with Crippen molar-refractivity contribution in [2.45, 2.75) is 19.9 Å². The van der Waals surface area contributed by atoms with Crippen LogP contribution in [0.3, 0.4) is 0 Å². The maximum absolute atomic E-state index is 4.80. The van der Waals surface area contributed by atoms with E-state index < -0.39 is 0 Å². The third-order valence-electron chi connectivity index (χ3n) is 4.76. The monoisotopic (exact) mass is 367 g/mol. The summed E-state index contributed by atoms with van der Waals surface area (Å²) in [6, 6.07) is 6.39. The van der Waals surface area contributed by atoms with E-state index in [0.29, 0.717) is 0 Å². The lowest BCUT2D eigenvalue weighted by Gasteiger charge is -2.37. The number of benzene rings is 1. The molecule has 0 N–H and O–H groups in total. The van der Waals surface area contributed by atoms with Crippen LogP contribution in [0.4, 0.5) is 11.5 Å². The molecule has 0 saturated heterocycles. The molecular formula is C17H14BrN5. The first kappa shape index (κ1) is 13.2. The van der Waals surface area contributed by atoms with Gasteiger partial charge in [-0.05, 0) is 36.6 Å². The van der Waals surface area contributed by atoms with Crippen LogP contribution in [0.2, 0.25) is 0 Å². The van der Waals surface area contributed by atoms with Gasteiger partial charge in [0.15, 0.2) is 11.5 Å². The summed E-state index contributed by atoms with van der Waals surface area (Å²) >= 11 is 3.68. The summed E-state index contributed by atoms with van der Waals surface area (Å²) in [5, 5.41) is 4.61. The third-order valence-corrected chi connectivity index (χ3v) is 5.50. The minimum Gasteiger partial charge on any atom is -0.279 e. The lowest BCUT2D eigenvalue weighted by atomic mass is 10.1. The van der Waals surface area contributed by atoms with E-state index in [-0.39, 0.29) is 0 Å². The van der Waals surface area contributed by atoms with Crippen LogP contribution in [-0.4, -0.2) is 21.5 Å². The number of pyridine rings is 1. The predicted octanol–water partition coefficient (Wildman–Crippen LogP) is 3.39. The summed E-state index contributed by atoms with van der Waals surface area (Å²) in [6.07, 6.45) is 4.45. The average molecular weight is 368 g/mol. The smallest absolute Gasteiger partial charge is 0.180 e. The molecule has 0 radical (unpaired) electrons. The van der Waals surface area contributed by atoms with E-state index in [1.54, 1.807) is 12.4 Å². The highest BCUT2D eigenvalue weighted by molar-refractivity contribution is 9.10. The number of hydrogen-bond acceptors (Lipinski definition) is 5. The number of rotatable bonds is 0. The van der Waals surface area contributed by atoms with Crippen molar-refractivity contribution in [3.05, 3.63) is 51.8 Å². The zero-order valence-electron chi connectivity index (χ0n) is 12.6. The first-order valence-electron chi connectivity index (χ1n) is 7.66. The second-order valence-corrected chi connectivity index (χ2v) is 6.79. The van der Waals surface area contributed by atoms with E-state index in [1.807, 2.05) is 0 Å². The highest BCUT2D eigenvalue weighted by Crippen LogP contribution is 2.42. The Balaban J connectivity index is 1.72. The zero-order chi connectivity index (χ0) is 15.6. The number of fused-ring (bicyclic) bond motifs is 6. The molecule has 2 aromatic heterocycles. The average Bonchev–Trinajstić information content (AvgIpc) is 2.95. The molecule has 0 amide bonds. The van der Waals surface area contributed by atoms with Gasteiger partial charge in [-0.1, -0.05) is 22.0 Å². The van der Waals surface area contributed by atoms with Gasteiger partial charge in [-0.15, -0.1) is 0 Å². The van der Waals surface area contributed by atoms with Crippen LogP contribution in [0.5, 0.6) is 0 Å². The first-order chi connectivity index (χ1) is 11.2. The van der Waals surface area contributed by atoms with Crippen molar-refractivity contribution in [1.29, 1.82) is 0 Å². The van der Waals surface area contributed by atoms with Crippen molar-refractivity contribution in [3.8, 4) is 0 Å². The Labute approximate surface area is 142 Å². The van der Waals surface area contributed by atoms with E-state index >= 15 is 0 Å². The lowest BCUT2D eigenvalue weighted by Crippen LogP contribution is -2.43. The molecule has 0 fully saturated rings. The van der Waals surface area contributed by atoms with Gasteiger partial charge in [0.2, 0.25) is 0 Å². The van der Waals surface area contributed by atoms with Crippen LogP contribution in [-0.2, 0) is 13.0 Å². The van der Waals surface area contributed by atoms with Crippen molar-refractivity contribution >= 4 is 38.6 Å². The maximum Gasteiger partial charge on any atom is 0.180 e. The van der Waals surface area contributed by atoms with Gasteiger partial charge in [-0.25, -0.2) is 9.97 Å². The van der Waals surface area contributed by atoms with Crippen molar-refractivity contribution in [2.75, 3.05) is 16.6 Å². The number of halogens is 1. The summed E-state index contributed by atoms with van der Waals surface area (Å²) in [5.41, 5.74) is 6.70. The van der Waals surface area contributed by atoms with E-state index in [0.717, 1.165) is 36.5 Å². The summed E-state index contributed by atoms with van der Waals surface area (Å²) in [5.74, 6) is 1.03. The molecule has 0 spiro atoms. The Hall–Kier alpha value is -2.21. The molecule has 6 heteroatoms. The SMILES string of the molecule is Cc1c2c(nc3nccnc13)N1CCc3c(Br)cccc3N1C2. The largest absolute Gasteiger partial charge is 0.279 e. The Morgan fingerprint density at radius 1 is 1.09 bits per heavy atom. The van der Waals surface area contributed by atoms with Crippen molar-refractivity contribution < 1.29 is 0 Å². The fourth-order valence-corrected chi connectivity index (χ4v) is 4.16. The Bertz CT molecular complexity index is 955. The molecule has 114 valence electrons. The standard InChI is InChI=1S/C17H14BrN5/c1-10-12-9-23-14-4-2-3-13(18)11(14)5-8-22(23)17(12)21-16-15(10)19-6-7-20-16/h2-4,6-7H,5,8-9H2,1H3. The van der Waals surface area contributed by atoms with E-state index in [1.165, 1.54) is 26.9 Å². The van der Waals surface area contributed by atoms with Gasteiger partial charge in [0.05, 0.1) is 12.2 Å². The molecule has 0 atom stereocenters. The van der Waals surface area contributed by atoms with Crippen molar-refractivity contribution in [1.82, 2.24) is 15.0 Å². The summed E-state index contributed by atoms with van der Waals surface area (Å²) in [7, 11) is 0. The summed E-state index contributed by atoms with van der Waals surface area (Å²) in [4.78, 5) is 13.6. The van der Waals surface area contributed by atoms with E-state index in [9.17, 15) is 0 Å². The Kier molecular flexibility index (Phi) is 2.68. The van der Waals surface area contributed by atoms with Gasteiger partial charge < -0.3 is 0 Å². The van der Waals surface area contributed by atoms with E-state index in [2.05, 4.69) is 61.0 Å². The molecule has 0 aliphatic carbocycles. The molecule has 0 saturated carbocycles. The fourth-order valence-electron chi connectivity index (χ4n) is 3.60. The highest BCUT2D eigenvalue weighted by atomic mass is 79.9. The number of aryl methyl sites for hydroxylation is 1. The molecule has 5 rings (SSSR count). The third kappa shape index (κ3) is 1.75. The maximum atomic E-state index is 4.80. The van der Waals surface area contributed by atoms with Gasteiger partial charge in [0.25, 0.3) is 0 Å². The summed E-state index contributed by atoms with van der Waals surface area (Å²) < 4.78 is 1.18. The minimum atomic E-state index is 0.727. The normalized spacial score (nSPS) is 15.6. The minimum absolute atomic E-state index is 0.727. The molecular weight excluding hydrogens is 354 g/mol. The van der Waals surface area contributed by atoms with Crippen LogP contribution in [0.25, 0.3) is 11.2 Å². The molecule has 3 aromatic rings. The number of hydrogen-bond donors (Lipinski definition) is 0. The highest BCUT2D eigenvalue weighted by Gasteiger charge is 2.35. The van der Waals surface area contributed by atoms with Crippen molar-refractivity contribution in [2.24, 2.45) is 0 Å². The van der Waals surface area contributed by atoms with Crippen LogP contribution in [0, 0.1) is 6.92 Å². The quantitative estimate of drug-likeness (QED) is 0.609. The topological polar surface area (TPSA) is 45.2 Å². The molecule has 1 aromatic carbocycles. The first-order valence-corrected chi connectivity index (χ1v) is 8.46. The van der Waals surface area contributed by atoms with Crippen LogP contribution >= 0.6 is 15.9 Å². The molecule has 0 bridgehead atoms. The summed E-state index contributed by atoms with van der Waals surface area (Å²) in [6.45, 7) is 3.89. The van der Waals surface area contributed by atoms with Gasteiger partial charge in [-0.2, -0.15) is 0 Å². The molecule has 23 heavy (non-hydrogen) atoms. The van der Waals surface area contributed by atoms with E-state index in [4.69, 9.17) is 4.98 Å². The number of aromatic nitrogens is 3. The second kappa shape index (κ2) is 4.64. The van der Waals surface area contributed by atoms with Gasteiger partial charge in [0, 0.05) is 29.0 Å². The van der Waals surface area contributed by atoms with Crippen LogP contribution in [0.1, 0.15) is 16.7 Å². The number of anilines is 2. The fraction of sp³-hybridized carbons (Fsp3) is 0.235. The molecule has 2 aliphatic rings. The van der Waals surface area contributed by atoms with Gasteiger partial charge in [-0.3, -0.25) is 15.0 Å². The number of nitrogens with zero attached hydrogens (tertiary/aromatic N) is 5. The number of hydrazine groups is 1. The second-order valence-electron chi connectivity index (χ2n) is 5.94. The molecule has 5 nitrogen and oxygen atoms in total. The van der Waals surface area contributed by atoms with Crippen molar-refractivity contribution in [3.63, 3.8) is 0 Å².